The number of likely N-dealkylation sites (tertiary alicyclic amines) is 1. The molecule has 34 heavy (non-hydrogen) atoms. The molecule has 0 atom stereocenters. The van der Waals surface area contributed by atoms with Crippen molar-refractivity contribution in [3.05, 3.63) is 65.5 Å². The zero-order valence-corrected chi connectivity index (χ0v) is 19.7. The SMILES string of the molecule is COCCNC(=O)c1ccc2nn(CC3CN(C(=O)c4cn(C)c5ccccc45)C3)cc2c1C. The summed E-state index contributed by atoms with van der Waals surface area (Å²) >= 11 is 0. The molecule has 0 radical (unpaired) electrons. The van der Waals surface area contributed by atoms with Crippen LogP contribution in [-0.4, -0.2) is 64.4 Å². The van der Waals surface area contributed by atoms with E-state index < -0.39 is 0 Å². The second kappa shape index (κ2) is 8.95. The molecule has 0 saturated carbocycles. The van der Waals surface area contributed by atoms with Crippen LogP contribution in [0.4, 0.5) is 0 Å². The molecule has 1 fully saturated rings. The molecule has 0 unspecified atom stereocenters. The lowest BCUT2D eigenvalue weighted by Crippen LogP contribution is -2.51. The first kappa shape index (κ1) is 22.2. The number of rotatable bonds is 7. The molecule has 2 aromatic heterocycles. The van der Waals surface area contributed by atoms with Crippen molar-refractivity contribution >= 4 is 33.6 Å². The number of carbonyl (C=O) groups excluding carboxylic acids is 2. The molecule has 5 rings (SSSR count). The Morgan fingerprint density at radius 2 is 1.88 bits per heavy atom. The van der Waals surface area contributed by atoms with Crippen molar-refractivity contribution in [2.45, 2.75) is 13.5 Å². The van der Waals surface area contributed by atoms with Gasteiger partial charge in [-0.05, 0) is 30.7 Å². The Labute approximate surface area is 198 Å². The zero-order valence-electron chi connectivity index (χ0n) is 19.7. The monoisotopic (exact) mass is 459 g/mol. The molecule has 176 valence electrons. The van der Waals surface area contributed by atoms with E-state index in [0.29, 0.717) is 37.7 Å². The van der Waals surface area contributed by atoms with Crippen molar-refractivity contribution in [2.75, 3.05) is 33.4 Å². The fraction of sp³-hybridized carbons (Fsp3) is 0.346. The summed E-state index contributed by atoms with van der Waals surface area (Å²) in [5.41, 5.74) is 4.26. The smallest absolute Gasteiger partial charge is 0.256 e. The number of carbonyl (C=O) groups is 2. The minimum absolute atomic E-state index is 0.0821. The summed E-state index contributed by atoms with van der Waals surface area (Å²) in [5, 5.41) is 9.54. The summed E-state index contributed by atoms with van der Waals surface area (Å²) in [5.74, 6) is 0.329. The van der Waals surface area contributed by atoms with Crippen LogP contribution in [0.1, 0.15) is 26.3 Å². The predicted octanol–water partition coefficient (Wildman–Crippen LogP) is 2.98. The van der Waals surface area contributed by atoms with Gasteiger partial charge in [-0.15, -0.1) is 0 Å². The lowest BCUT2D eigenvalue weighted by molar-refractivity contribution is 0.0463. The van der Waals surface area contributed by atoms with Crippen molar-refractivity contribution in [3.63, 3.8) is 0 Å². The Hall–Kier alpha value is -3.65. The second-order valence-electron chi connectivity index (χ2n) is 9.02. The Bertz CT molecular complexity index is 1380. The summed E-state index contributed by atoms with van der Waals surface area (Å²) in [6.45, 7) is 5.07. The quantitative estimate of drug-likeness (QED) is 0.431. The van der Waals surface area contributed by atoms with Gasteiger partial charge >= 0.3 is 0 Å². The third kappa shape index (κ3) is 3.94. The number of aromatic nitrogens is 3. The van der Waals surface area contributed by atoms with Crippen molar-refractivity contribution in [3.8, 4) is 0 Å². The zero-order chi connectivity index (χ0) is 23.8. The third-order valence-corrected chi connectivity index (χ3v) is 6.66. The highest BCUT2D eigenvalue weighted by Crippen LogP contribution is 2.27. The van der Waals surface area contributed by atoms with E-state index in [1.807, 2.05) is 76.9 Å². The molecule has 4 aromatic rings. The molecule has 3 heterocycles. The maximum Gasteiger partial charge on any atom is 0.256 e. The summed E-state index contributed by atoms with van der Waals surface area (Å²) in [7, 11) is 3.58. The summed E-state index contributed by atoms with van der Waals surface area (Å²) in [6, 6.07) is 11.7. The maximum absolute atomic E-state index is 13.1. The van der Waals surface area contributed by atoms with Crippen LogP contribution in [0.5, 0.6) is 0 Å². The minimum Gasteiger partial charge on any atom is -0.383 e. The highest BCUT2D eigenvalue weighted by molar-refractivity contribution is 6.07. The molecule has 2 aromatic carbocycles. The van der Waals surface area contributed by atoms with Crippen molar-refractivity contribution in [1.29, 1.82) is 0 Å². The van der Waals surface area contributed by atoms with Crippen LogP contribution >= 0.6 is 0 Å². The lowest BCUT2D eigenvalue weighted by Gasteiger charge is -2.39. The van der Waals surface area contributed by atoms with E-state index >= 15 is 0 Å². The first-order chi connectivity index (χ1) is 16.5. The molecule has 1 N–H and O–H groups in total. The number of fused-ring (bicyclic) bond motifs is 2. The van der Waals surface area contributed by atoms with Gasteiger partial charge in [0.05, 0.1) is 17.7 Å². The molecule has 8 heteroatoms. The van der Waals surface area contributed by atoms with Crippen LogP contribution in [0.15, 0.2) is 48.8 Å². The summed E-state index contributed by atoms with van der Waals surface area (Å²) < 4.78 is 8.94. The number of ether oxygens (including phenoxy) is 1. The number of methoxy groups -OCH3 is 1. The third-order valence-electron chi connectivity index (χ3n) is 6.66. The lowest BCUT2D eigenvalue weighted by atomic mass is 9.98. The maximum atomic E-state index is 13.1. The van der Waals surface area contributed by atoms with Gasteiger partial charge in [-0.2, -0.15) is 5.10 Å². The molecule has 0 aliphatic carbocycles. The molecule has 0 spiro atoms. The topological polar surface area (TPSA) is 81.4 Å². The first-order valence-corrected chi connectivity index (χ1v) is 11.5. The van der Waals surface area contributed by atoms with Gasteiger partial charge in [-0.3, -0.25) is 14.3 Å². The van der Waals surface area contributed by atoms with Crippen LogP contribution in [-0.2, 0) is 18.3 Å². The molecule has 2 amide bonds. The Balaban J connectivity index is 1.25. The second-order valence-corrected chi connectivity index (χ2v) is 9.02. The van der Waals surface area contributed by atoms with Crippen LogP contribution in [0, 0.1) is 12.8 Å². The van der Waals surface area contributed by atoms with E-state index in [2.05, 4.69) is 5.32 Å². The van der Waals surface area contributed by atoms with E-state index in [0.717, 1.165) is 39.5 Å². The molecular weight excluding hydrogens is 430 g/mol. The van der Waals surface area contributed by atoms with Crippen molar-refractivity contribution in [2.24, 2.45) is 13.0 Å². The average Bonchev–Trinajstić information content (AvgIpc) is 3.37. The largest absolute Gasteiger partial charge is 0.383 e. The molecule has 1 aliphatic heterocycles. The van der Waals surface area contributed by atoms with E-state index in [4.69, 9.17) is 9.84 Å². The van der Waals surface area contributed by atoms with E-state index in [1.54, 1.807) is 7.11 Å². The van der Waals surface area contributed by atoms with E-state index in [-0.39, 0.29) is 11.8 Å². The standard InChI is InChI=1S/C26H29N5O3/c1-17-19(25(32)27-10-11-34-3)8-9-23-21(17)16-31(28-23)14-18-12-30(13-18)26(33)22-15-29(2)24-7-5-4-6-20(22)24/h4-9,15-16,18H,10-14H2,1-3H3,(H,27,32). The summed E-state index contributed by atoms with van der Waals surface area (Å²) in [4.78, 5) is 27.5. The number of nitrogens with zero attached hydrogens (tertiary/aromatic N) is 4. The van der Waals surface area contributed by atoms with Crippen LogP contribution in [0.2, 0.25) is 0 Å². The average molecular weight is 460 g/mol. The van der Waals surface area contributed by atoms with Gasteiger partial charge in [0.2, 0.25) is 0 Å². The van der Waals surface area contributed by atoms with Crippen LogP contribution in [0.3, 0.4) is 0 Å². The van der Waals surface area contributed by atoms with Gasteiger partial charge in [0, 0.05) is 80.5 Å². The van der Waals surface area contributed by atoms with Crippen molar-refractivity contribution in [1.82, 2.24) is 24.6 Å². The molecule has 1 aliphatic rings. The van der Waals surface area contributed by atoms with Gasteiger partial charge in [0.25, 0.3) is 11.8 Å². The van der Waals surface area contributed by atoms with Gasteiger partial charge < -0.3 is 19.5 Å². The van der Waals surface area contributed by atoms with Crippen LogP contribution in [0.25, 0.3) is 21.8 Å². The number of para-hydroxylation sites is 1. The van der Waals surface area contributed by atoms with Gasteiger partial charge in [0.1, 0.15) is 0 Å². The van der Waals surface area contributed by atoms with Gasteiger partial charge in [0.15, 0.2) is 0 Å². The molecule has 8 nitrogen and oxygen atoms in total. The number of nitrogens with one attached hydrogen (secondary N) is 1. The normalized spacial score (nSPS) is 14.0. The minimum atomic E-state index is -0.106. The fourth-order valence-electron chi connectivity index (χ4n) is 4.78. The first-order valence-electron chi connectivity index (χ1n) is 11.5. The van der Waals surface area contributed by atoms with Gasteiger partial charge in [-0.1, -0.05) is 18.2 Å². The number of hydrogen-bond donors (Lipinski definition) is 1. The summed E-state index contributed by atoms with van der Waals surface area (Å²) in [6.07, 6.45) is 3.93. The Morgan fingerprint density at radius 1 is 1.09 bits per heavy atom. The molecular formula is C26H29N5O3. The molecule has 1 saturated heterocycles. The van der Waals surface area contributed by atoms with Crippen LogP contribution < -0.4 is 5.32 Å². The number of hydrogen-bond acceptors (Lipinski definition) is 4. The predicted molar refractivity (Wildman–Crippen MR) is 131 cm³/mol. The fourth-order valence-corrected chi connectivity index (χ4v) is 4.78. The number of benzene rings is 2. The van der Waals surface area contributed by atoms with Crippen molar-refractivity contribution < 1.29 is 14.3 Å². The highest BCUT2D eigenvalue weighted by atomic mass is 16.5. The van der Waals surface area contributed by atoms with E-state index in [1.165, 1.54) is 0 Å². The Morgan fingerprint density at radius 3 is 2.68 bits per heavy atom. The Kier molecular flexibility index (Phi) is 5.83. The number of amides is 2. The van der Waals surface area contributed by atoms with Gasteiger partial charge in [-0.25, -0.2) is 0 Å². The molecule has 0 bridgehead atoms. The highest BCUT2D eigenvalue weighted by Gasteiger charge is 2.33. The van der Waals surface area contributed by atoms with E-state index in [9.17, 15) is 9.59 Å². The number of aryl methyl sites for hydroxylation is 2.